The summed E-state index contributed by atoms with van der Waals surface area (Å²) in [5.41, 5.74) is 0.127. The standard InChI is InChI=1S/C5H7N3O2S/c1-2-10-5(9)3-4(11)7-8-6-3/h2H2,1H3,(H2,6,7,8,11). The zero-order valence-corrected chi connectivity index (χ0v) is 6.70. The normalized spacial score (nSPS) is 9.55. The third kappa shape index (κ3) is 1.64. The lowest BCUT2D eigenvalue weighted by molar-refractivity contribution is 0.0519. The predicted molar refractivity (Wildman–Crippen MR) is 39.7 cm³/mol. The number of hydrogen-bond acceptors (Lipinski definition) is 4. The molecule has 1 aromatic rings. The lowest BCUT2D eigenvalue weighted by Gasteiger charge is -1.94. The quantitative estimate of drug-likeness (QED) is 0.508. The van der Waals surface area contributed by atoms with Crippen molar-refractivity contribution in [3.63, 3.8) is 0 Å². The van der Waals surface area contributed by atoms with E-state index in [4.69, 9.17) is 12.2 Å². The van der Waals surface area contributed by atoms with Gasteiger partial charge in [-0.3, -0.25) is 5.10 Å². The average Bonchev–Trinajstić information content (AvgIpc) is 2.36. The smallest absolute Gasteiger partial charge is 0.362 e. The molecule has 1 aromatic heterocycles. The van der Waals surface area contributed by atoms with E-state index in [2.05, 4.69) is 20.1 Å². The molecular formula is C5H7N3O2S. The zero-order chi connectivity index (χ0) is 8.27. The van der Waals surface area contributed by atoms with Gasteiger partial charge in [0.2, 0.25) is 5.69 Å². The molecule has 0 saturated heterocycles. The molecule has 5 nitrogen and oxygen atoms in total. The summed E-state index contributed by atoms with van der Waals surface area (Å²) in [6.45, 7) is 2.04. The van der Waals surface area contributed by atoms with Crippen LogP contribution in [0.2, 0.25) is 0 Å². The number of aromatic nitrogens is 3. The highest BCUT2D eigenvalue weighted by molar-refractivity contribution is 7.71. The number of aromatic amines is 2. The maximum Gasteiger partial charge on any atom is 0.362 e. The van der Waals surface area contributed by atoms with Gasteiger partial charge in [-0.25, -0.2) is 10.0 Å². The Bertz CT molecular complexity index is 303. The topological polar surface area (TPSA) is 70.8 Å². The first-order chi connectivity index (χ1) is 5.25. The van der Waals surface area contributed by atoms with Crippen molar-refractivity contribution in [1.82, 2.24) is 15.4 Å². The summed E-state index contributed by atoms with van der Waals surface area (Å²) >= 11 is 4.73. The fourth-order valence-corrected chi connectivity index (χ4v) is 0.757. The van der Waals surface area contributed by atoms with Crippen molar-refractivity contribution < 1.29 is 9.53 Å². The van der Waals surface area contributed by atoms with E-state index in [0.29, 0.717) is 6.61 Å². The highest BCUT2D eigenvalue weighted by Crippen LogP contribution is 1.96. The molecule has 2 N–H and O–H groups in total. The molecular weight excluding hydrogens is 166 g/mol. The van der Waals surface area contributed by atoms with E-state index in [1.165, 1.54) is 0 Å². The fraction of sp³-hybridized carbons (Fsp3) is 0.400. The molecule has 0 aliphatic carbocycles. The molecule has 0 amide bonds. The monoisotopic (exact) mass is 173 g/mol. The number of nitrogens with zero attached hydrogens (tertiary/aromatic N) is 1. The fourth-order valence-electron chi connectivity index (χ4n) is 0.582. The summed E-state index contributed by atoms with van der Waals surface area (Å²) < 4.78 is 4.93. The summed E-state index contributed by atoms with van der Waals surface area (Å²) in [6, 6.07) is 0. The number of rotatable bonds is 2. The molecule has 0 atom stereocenters. The maximum atomic E-state index is 10.9. The van der Waals surface area contributed by atoms with E-state index in [1.54, 1.807) is 6.92 Å². The Morgan fingerprint density at radius 3 is 3.00 bits per heavy atom. The third-order valence-electron chi connectivity index (χ3n) is 1.02. The predicted octanol–water partition coefficient (Wildman–Crippen LogP) is 0.644. The Kier molecular flexibility index (Phi) is 2.37. The number of carbonyl (C=O) groups is 1. The second-order valence-corrected chi connectivity index (χ2v) is 2.16. The lowest BCUT2D eigenvalue weighted by atomic mass is 10.5. The number of hydrogen-bond donors (Lipinski definition) is 2. The summed E-state index contributed by atoms with van der Waals surface area (Å²) in [4.78, 5) is 10.9. The van der Waals surface area contributed by atoms with Crippen LogP contribution >= 0.6 is 12.2 Å². The lowest BCUT2D eigenvalue weighted by Crippen LogP contribution is -2.05. The molecule has 0 bridgehead atoms. The van der Waals surface area contributed by atoms with Crippen molar-refractivity contribution in [2.75, 3.05) is 6.61 Å². The molecule has 0 aliphatic rings. The Morgan fingerprint density at radius 1 is 1.82 bits per heavy atom. The minimum atomic E-state index is -0.505. The van der Waals surface area contributed by atoms with Crippen molar-refractivity contribution in [2.24, 2.45) is 0 Å². The zero-order valence-electron chi connectivity index (χ0n) is 5.88. The van der Waals surface area contributed by atoms with Crippen LogP contribution in [0.3, 0.4) is 0 Å². The largest absolute Gasteiger partial charge is 0.461 e. The second-order valence-electron chi connectivity index (χ2n) is 1.75. The van der Waals surface area contributed by atoms with Crippen LogP contribution in [0.1, 0.15) is 17.4 Å². The Balaban J connectivity index is 2.85. The SMILES string of the molecule is CCOC(=O)c1n[nH][nH]c1=S. The molecule has 0 aliphatic heterocycles. The van der Waals surface area contributed by atoms with Gasteiger partial charge in [0.05, 0.1) is 6.61 Å². The van der Waals surface area contributed by atoms with Crippen molar-refractivity contribution in [3.8, 4) is 0 Å². The maximum absolute atomic E-state index is 10.9. The molecule has 0 unspecified atom stereocenters. The second kappa shape index (κ2) is 3.29. The number of esters is 1. The summed E-state index contributed by atoms with van der Waals surface area (Å²) in [6.07, 6.45) is 0. The van der Waals surface area contributed by atoms with Crippen LogP contribution in [0.25, 0.3) is 0 Å². The van der Waals surface area contributed by atoms with Crippen LogP contribution in [0.4, 0.5) is 0 Å². The molecule has 0 spiro atoms. The molecule has 1 heterocycles. The van der Waals surface area contributed by atoms with Gasteiger partial charge in [0.25, 0.3) is 0 Å². The third-order valence-corrected chi connectivity index (χ3v) is 1.32. The van der Waals surface area contributed by atoms with Gasteiger partial charge in [0, 0.05) is 0 Å². The van der Waals surface area contributed by atoms with Gasteiger partial charge in [-0.1, -0.05) is 12.2 Å². The first kappa shape index (κ1) is 7.93. The Labute approximate surface area is 67.7 Å². The van der Waals surface area contributed by atoms with Crippen LogP contribution in [0.15, 0.2) is 0 Å². The van der Waals surface area contributed by atoms with Crippen molar-refractivity contribution >= 4 is 18.2 Å². The van der Waals surface area contributed by atoms with Crippen LogP contribution in [0.5, 0.6) is 0 Å². The van der Waals surface area contributed by atoms with Crippen LogP contribution in [-0.2, 0) is 4.74 Å². The van der Waals surface area contributed by atoms with Gasteiger partial charge in [-0.05, 0) is 6.92 Å². The molecule has 0 saturated carbocycles. The minimum absolute atomic E-state index is 0.127. The first-order valence-electron chi connectivity index (χ1n) is 3.06. The van der Waals surface area contributed by atoms with Crippen molar-refractivity contribution in [2.45, 2.75) is 6.92 Å². The number of ether oxygens (including phenoxy) is 1. The van der Waals surface area contributed by atoms with Gasteiger partial charge < -0.3 is 4.74 Å². The average molecular weight is 173 g/mol. The van der Waals surface area contributed by atoms with E-state index in [1.807, 2.05) is 0 Å². The Hall–Kier alpha value is -1.17. The van der Waals surface area contributed by atoms with Gasteiger partial charge in [0.15, 0.2) is 4.64 Å². The molecule has 0 aromatic carbocycles. The number of H-pyrrole nitrogens is 2. The summed E-state index contributed by atoms with van der Waals surface area (Å²) in [5.74, 6) is -0.505. The molecule has 0 radical (unpaired) electrons. The summed E-state index contributed by atoms with van der Waals surface area (Å²) in [5, 5.41) is 8.42. The molecule has 0 fully saturated rings. The highest BCUT2D eigenvalue weighted by Gasteiger charge is 2.10. The van der Waals surface area contributed by atoms with Crippen molar-refractivity contribution in [1.29, 1.82) is 0 Å². The van der Waals surface area contributed by atoms with E-state index in [-0.39, 0.29) is 10.3 Å². The van der Waals surface area contributed by atoms with Crippen molar-refractivity contribution in [3.05, 3.63) is 10.3 Å². The number of carbonyl (C=O) groups excluding carboxylic acids is 1. The highest BCUT2D eigenvalue weighted by atomic mass is 32.1. The Morgan fingerprint density at radius 2 is 2.55 bits per heavy atom. The van der Waals surface area contributed by atoms with Crippen LogP contribution < -0.4 is 0 Å². The first-order valence-corrected chi connectivity index (χ1v) is 3.46. The number of nitrogens with one attached hydrogen (secondary N) is 2. The van der Waals surface area contributed by atoms with Gasteiger partial charge in [0.1, 0.15) is 0 Å². The van der Waals surface area contributed by atoms with E-state index < -0.39 is 5.97 Å². The minimum Gasteiger partial charge on any atom is -0.461 e. The van der Waals surface area contributed by atoms with Crippen LogP contribution in [-0.4, -0.2) is 28.0 Å². The molecule has 11 heavy (non-hydrogen) atoms. The molecule has 6 heteroatoms. The van der Waals surface area contributed by atoms with Gasteiger partial charge >= 0.3 is 5.97 Å². The van der Waals surface area contributed by atoms with Crippen LogP contribution in [0, 0.1) is 4.64 Å². The molecule has 1 rings (SSSR count). The van der Waals surface area contributed by atoms with Gasteiger partial charge in [-0.15, -0.1) is 5.10 Å². The van der Waals surface area contributed by atoms with E-state index in [0.717, 1.165) is 0 Å². The summed E-state index contributed by atoms with van der Waals surface area (Å²) in [7, 11) is 0. The van der Waals surface area contributed by atoms with Gasteiger partial charge in [-0.2, -0.15) is 0 Å². The van der Waals surface area contributed by atoms with E-state index in [9.17, 15) is 4.79 Å². The van der Waals surface area contributed by atoms with E-state index >= 15 is 0 Å². The molecule has 60 valence electrons.